The van der Waals surface area contributed by atoms with E-state index in [9.17, 15) is 22.8 Å². The molecular weight excluding hydrogens is 374 g/mol. The van der Waals surface area contributed by atoms with Crippen molar-refractivity contribution in [3.63, 3.8) is 0 Å². The molecule has 0 bridgehead atoms. The first-order chi connectivity index (χ1) is 12.5. The Morgan fingerprint density at radius 2 is 1.74 bits per heavy atom. The van der Waals surface area contributed by atoms with Gasteiger partial charge in [0.1, 0.15) is 6.54 Å². The largest absolute Gasteiger partial charge is 0.455 e. The van der Waals surface area contributed by atoms with Crippen LogP contribution in [0, 0.1) is 0 Å². The number of benzene rings is 1. The highest BCUT2D eigenvalue weighted by Crippen LogP contribution is 2.02. The Morgan fingerprint density at radius 3 is 2.33 bits per heavy atom. The molecule has 1 aromatic carbocycles. The average molecular weight is 397 g/mol. The van der Waals surface area contributed by atoms with Crippen LogP contribution in [0.15, 0.2) is 35.7 Å². The molecule has 148 valence electrons. The molecule has 3 N–H and O–H groups in total. The first-order valence-corrected chi connectivity index (χ1v) is 9.52. The Bertz CT molecular complexity index is 798. The van der Waals surface area contributed by atoms with Crippen molar-refractivity contribution in [3.05, 3.63) is 41.3 Å². The number of esters is 1. The third-order valence-corrected chi connectivity index (χ3v) is 3.80. The zero-order valence-corrected chi connectivity index (χ0v) is 16.1. The van der Waals surface area contributed by atoms with Crippen LogP contribution in [-0.4, -0.2) is 45.0 Å². The maximum Gasteiger partial charge on any atom is 0.321 e. The molecule has 0 fully saturated rings. The van der Waals surface area contributed by atoms with E-state index in [1.165, 1.54) is 6.08 Å². The van der Waals surface area contributed by atoms with Crippen molar-refractivity contribution < 1.29 is 27.5 Å². The van der Waals surface area contributed by atoms with Gasteiger partial charge in [-0.2, -0.15) is 0 Å². The minimum Gasteiger partial charge on any atom is -0.455 e. The lowest BCUT2D eigenvalue weighted by Crippen LogP contribution is -2.49. The molecule has 3 amide bonds. The molecule has 0 aliphatic heterocycles. The van der Waals surface area contributed by atoms with Crippen LogP contribution >= 0.6 is 0 Å². The number of sulfonamides is 1. The van der Waals surface area contributed by atoms with E-state index in [1.807, 2.05) is 10.0 Å². The third-order valence-electron chi connectivity index (χ3n) is 2.76. The number of hydrogen-bond acceptors (Lipinski definition) is 6. The lowest BCUT2D eigenvalue weighted by atomic mass is 10.1. The Labute approximate surface area is 158 Å². The van der Waals surface area contributed by atoms with E-state index in [0.29, 0.717) is 5.56 Å². The number of imide groups is 1. The van der Waals surface area contributed by atoms with Gasteiger partial charge in [-0.1, -0.05) is 30.3 Å². The van der Waals surface area contributed by atoms with Gasteiger partial charge in [-0.15, -0.1) is 0 Å². The van der Waals surface area contributed by atoms with Crippen molar-refractivity contribution in [2.24, 2.45) is 0 Å². The Morgan fingerprint density at radius 1 is 1.11 bits per heavy atom. The minimum absolute atomic E-state index is 0.535. The molecule has 1 rings (SSSR count). The highest BCUT2D eigenvalue weighted by molar-refractivity contribution is 7.92. The zero-order chi connectivity index (χ0) is 20.5. The topological polar surface area (TPSA) is 131 Å². The normalized spacial score (nSPS) is 11.8. The van der Waals surface area contributed by atoms with Gasteiger partial charge >= 0.3 is 12.0 Å². The summed E-state index contributed by atoms with van der Waals surface area (Å²) in [5.41, 5.74) is 0.141. The highest BCUT2D eigenvalue weighted by atomic mass is 32.2. The molecule has 0 spiro atoms. The lowest BCUT2D eigenvalue weighted by molar-refractivity contribution is -0.147. The molecule has 0 saturated heterocycles. The van der Waals surface area contributed by atoms with Gasteiger partial charge in [0.05, 0.1) is 0 Å². The van der Waals surface area contributed by atoms with E-state index in [-0.39, 0.29) is 0 Å². The molecule has 0 heterocycles. The van der Waals surface area contributed by atoms with Crippen LogP contribution in [0.4, 0.5) is 4.79 Å². The van der Waals surface area contributed by atoms with Gasteiger partial charge in [-0.05, 0) is 32.4 Å². The van der Waals surface area contributed by atoms with Gasteiger partial charge < -0.3 is 10.1 Å². The molecule has 0 atom stereocenters. The van der Waals surface area contributed by atoms with E-state index in [4.69, 9.17) is 0 Å². The molecule has 0 radical (unpaired) electrons. The summed E-state index contributed by atoms with van der Waals surface area (Å²) in [6.45, 7) is 3.83. The van der Waals surface area contributed by atoms with E-state index in [0.717, 1.165) is 5.41 Å². The lowest BCUT2D eigenvalue weighted by Gasteiger charge is -2.20. The molecular formula is C17H23N3O6S. The molecule has 0 unspecified atom stereocenters. The maximum atomic E-state index is 11.8. The van der Waals surface area contributed by atoms with Crippen molar-refractivity contribution in [3.8, 4) is 0 Å². The van der Waals surface area contributed by atoms with Gasteiger partial charge in [-0.25, -0.2) is 17.9 Å². The summed E-state index contributed by atoms with van der Waals surface area (Å²) in [5, 5.41) is 5.40. The average Bonchev–Trinajstić information content (AvgIpc) is 2.56. The molecule has 0 aromatic heterocycles. The molecule has 0 aliphatic rings. The van der Waals surface area contributed by atoms with E-state index >= 15 is 0 Å². The van der Waals surface area contributed by atoms with Gasteiger partial charge in [0.15, 0.2) is 6.61 Å². The van der Waals surface area contributed by atoms with Gasteiger partial charge in [-0.3, -0.25) is 14.9 Å². The first kappa shape index (κ1) is 22.3. The van der Waals surface area contributed by atoms with Gasteiger partial charge in [0.25, 0.3) is 5.91 Å². The molecule has 9 nitrogen and oxygen atoms in total. The SMILES string of the molecule is CC(C)(C)NC(=O)NC(=O)COC(=O)CNS(=O)(=O)/C=C/c1ccccc1. The van der Waals surface area contributed by atoms with E-state index in [2.05, 4.69) is 10.1 Å². The van der Waals surface area contributed by atoms with Crippen LogP contribution in [0.25, 0.3) is 6.08 Å². The number of carbonyl (C=O) groups is 3. The molecule has 27 heavy (non-hydrogen) atoms. The Hall–Kier alpha value is -2.72. The monoisotopic (exact) mass is 397 g/mol. The second-order valence-corrected chi connectivity index (χ2v) is 8.14. The van der Waals surface area contributed by atoms with Crippen LogP contribution in [0.2, 0.25) is 0 Å². The fourth-order valence-corrected chi connectivity index (χ4v) is 2.42. The number of rotatable bonds is 7. The number of amides is 3. The summed E-state index contributed by atoms with van der Waals surface area (Å²) >= 11 is 0. The number of hydrogen-bond donors (Lipinski definition) is 3. The summed E-state index contributed by atoms with van der Waals surface area (Å²) in [4.78, 5) is 34.5. The van der Waals surface area contributed by atoms with Crippen molar-refractivity contribution in [2.45, 2.75) is 26.3 Å². The quantitative estimate of drug-likeness (QED) is 0.582. The zero-order valence-electron chi connectivity index (χ0n) is 15.3. The summed E-state index contributed by atoms with van der Waals surface area (Å²) in [6, 6.07) is 8.01. The van der Waals surface area contributed by atoms with E-state index < -0.39 is 46.6 Å². The highest BCUT2D eigenvalue weighted by Gasteiger charge is 2.17. The second-order valence-electron chi connectivity index (χ2n) is 6.49. The van der Waals surface area contributed by atoms with Crippen LogP contribution in [0.3, 0.4) is 0 Å². The number of nitrogens with one attached hydrogen (secondary N) is 3. The minimum atomic E-state index is -3.85. The molecule has 0 aliphatic carbocycles. The van der Waals surface area contributed by atoms with Crippen molar-refractivity contribution in [2.75, 3.05) is 13.2 Å². The molecule has 10 heteroatoms. The van der Waals surface area contributed by atoms with Crippen LogP contribution in [0.5, 0.6) is 0 Å². The van der Waals surface area contributed by atoms with Crippen molar-refractivity contribution in [1.29, 1.82) is 0 Å². The molecule has 1 aromatic rings. The fourth-order valence-electron chi connectivity index (χ4n) is 1.67. The van der Waals surface area contributed by atoms with Crippen molar-refractivity contribution >= 4 is 34.0 Å². The summed E-state index contributed by atoms with van der Waals surface area (Å²) in [5.74, 6) is -1.80. The fraction of sp³-hybridized carbons (Fsp3) is 0.353. The standard InChI is InChI=1S/C17H23N3O6S/c1-17(2,3)20-16(23)19-14(21)12-26-15(22)11-18-27(24,25)10-9-13-7-5-4-6-8-13/h4-10,18H,11-12H2,1-3H3,(H2,19,20,21,23)/b10-9+. The summed E-state index contributed by atoms with van der Waals surface area (Å²) in [6.07, 6.45) is 1.37. The smallest absolute Gasteiger partial charge is 0.321 e. The predicted molar refractivity (Wildman–Crippen MR) is 99.8 cm³/mol. The number of urea groups is 1. The van der Waals surface area contributed by atoms with E-state index in [1.54, 1.807) is 51.1 Å². The van der Waals surface area contributed by atoms with Crippen LogP contribution < -0.4 is 15.4 Å². The Kier molecular flexibility index (Phi) is 8.13. The number of carbonyl (C=O) groups excluding carboxylic acids is 3. The third kappa shape index (κ3) is 10.8. The van der Waals surface area contributed by atoms with Crippen LogP contribution in [-0.2, 0) is 24.3 Å². The first-order valence-electron chi connectivity index (χ1n) is 7.97. The van der Waals surface area contributed by atoms with Crippen LogP contribution in [0.1, 0.15) is 26.3 Å². The summed E-state index contributed by atoms with van der Waals surface area (Å²) in [7, 11) is -3.85. The molecule has 0 saturated carbocycles. The van der Waals surface area contributed by atoms with Gasteiger partial charge in [0.2, 0.25) is 10.0 Å². The maximum absolute atomic E-state index is 11.8. The summed E-state index contributed by atoms with van der Waals surface area (Å²) < 4.78 is 30.2. The number of ether oxygens (including phenoxy) is 1. The van der Waals surface area contributed by atoms with Crippen molar-refractivity contribution in [1.82, 2.24) is 15.4 Å². The second kappa shape index (κ2) is 9.83. The predicted octanol–water partition coefficient (Wildman–Crippen LogP) is 0.744. The Balaban J connectivity index is 2.36. The van der Waals surface area contributed by atoms with Gasteiger partial charge in [0, 0.05) is 10.9 Å².